The zero-order chi connectivity index (χ0) is 18.6. The number of thiazole rings is 1. The van der Waals surface area contributed by atoms with Gasteiger partial charge in [0, 0.05) is 18.7 Å². The first-order chi connectivity index (χ1) is 13.3. The van der Waals surface area contributed by atoms with Crippen molar-refractivity contribution in [3.05, 3.63) is 42.1 Å². The predicted octanol–water partition coefficient (Wildman–Crippen LogP) is 3.35. The average Bonchev–Trinajstić information content (AvgIpc) is 2.94. The van der Waals surface area contributed by atoms with Crippen molar-refractivity contribution in [2.24, 2.45) is 0 Å². The number of hydrogen-bond acceptors (Lipinski definition) is 6. The van der Waals surface area contributed by atoms with Gasteiger partial charge in [-0.05, 0) is 17.7 Å². The second-order valence-corrected chi connectivity index (χ2v) is 7.25. The van der Waals surface area contributed by atoms with Crippen molar-refractivity contribution < 1.29 is 19.0 Å². The highest BCUT2D eigenvalue weighted by atomic mass is 32.1. The lowest BCUT2D eigenvalue weighted by Crippen LogP contribution is -2.31. The van der Waals surface area contributed by atoms with E-state index in [4.69, 9.17) is 14.2 Å². The standard InChI is InChI=1S/C19H21N3O4S/c1-24-15-6-5-14(13-11-25-9-10-26-12-13)17-16(15)20-18(27-17)21-19(23)22-7-3-2-4-8-22/h2-7,13H,8-12H2,1H3,(H,20,21,23). The van der Waals surface area contributed by atoms with Crippen molar-refractivity contribution in [1.29, 1.82) is 0 Å². The molecule has 7 nitrogen and oxygen atoms in total. The number of nitrogens with one attached hydrogen (secondary N) is 1. The Kier molecular flexibility index (Phi) is 5.38. The van der Waals surface area contributed by atoms with Gasteiger partial charge >= 0.3 is 6.03 Å². The summed E-state index contributed by atoms with van der Waals surface area (Å²) >= 11 is 1.44. The van der Waals surface area contributed by atoms with Gasteiger partial charge in [0.1, 0.15) is 11.3 Å². The molecule has 2 aromatic rings. The number of allylic oxidation sites excluding steroid dienone is 2. The van der Waals surface area contributed by atoms with Gasteiger partial charge in [0.25, 0.3) is 0 Å². The van der Waals surface area contributed by atoms with E-state index in [-0.39, 0.29) is 11.9 Å². The lowest BCUT2D eigenvalue weighted by atomic mass is 10.0. The lowest BCUT2D eigenvalue weighted by molar-refractivity contribution is 0.103. The average molecular weight is 387 g/mol. The molecule has 1 aromatic heterocycles. The van der Waals surface area contributed by atoms with E-state index in [1.54, 1.807) is 18.2 Å². The van der Waals surface area contributed by atoms with Gasteiger partial charge in [-0.2, -0.15) is 0 Å². The highest BCUT2D eigenvalue weighted by Crippen LogP contribution is 2.38. The minimum Gasteiger partial charge on any atom is -0.494 e. The third kappa shape index (κ3) is 3.83. The minimum atomic E-state index is -0.212. The Hall–Kier alpha value is -2.42. The minimum absolute atomic E-state index is 0.125. The summed E-state index contributed by atoms with van der Waals surface area (Å²) in [5, 5.41) is 3.43. The molecule has 0 saturated carbocycles. The number of hydrogen-bond donors (Lipinski definition) is 1. The molecule has 1 saturated heterocycles. The van der Waals surface area contributed by atoms with Gasteiger partial charge in [-0.1, -0.05) is 29.6 Å². The first kappa shape index (κ1) is 18.0. The Balaban J connectivity index is 1.64. The van der Waals surface area contributed by atoms with Gasteiger partial charge in [0.05, 0.1) is 38.2 Å². The number of carbonyl (C=O) groups is 1. The molecular weight excluding hydrogens is 366 g/mol. The summed E-state index contributed by atoms with van der Waals surface area (Å²) in [4.78, 5) is 18.7. The van der Waals surface area contributed by atoms with Crippen LogP contribution in [-0.4, -0.2) is 56.0 Å². The van der Waals surface area contributed by atoms with Crippen LogP contribution in [0.2, 0.25) is 0 Å². The Morgan fingerprint density at radius 1 is 1.30 bits per heavy atom. The van der Waals surface area contributed by atoms with Gasteiger partial charge in [0.2, 0.25) is 0 Å². The SMILES string of the molecule is COc1ccc(C2COCCOC2)c2sc(NC(=O)N3C=CC=CC3)nc12. The molecule has 0 atom stereocenters. The molecular formula is C19H21N3O4S. The quantitative estimate of drug-likeness (QED) is 0.874. The van der Waals surface area contributed by atoms with E-state index in [1.807, 2.05) is 30.4 Å². The molecule has 27 heavy (non-hydrogen) atoms. The fourth-order valence-corrected chi connectivity index (χ4v) is 4.18. The molecule has 0 unspecified atom stereocenters. The number of carbonyl (C=O) groups excluding carboxylic acids is 1. The topological polar surface area (TPSA) is 72.9 Å². The van der Waals surface area contributed by atoms with E-state index in [9.17, 15) is 4.79 Å². The summed E-state index contributed by atoms with van der Waals surface area (Å²) in [6.07, 6.45) is 7.41. The smallest absolute Gasteiger partial charge is 0.327 e. The van der Waals surface area contributed by atoms with Crippen LogP contribution in [0.1, 0.15) is 11.5 Å². The monoisotopic (exact) mass is 387 g/mol. The van der Waals surface area contributed by atoms with Gasteiger partial charge in [-0.15, -0.1) is 0 Å². The molecule has 1 N–H and O–H groups in total. The maximum Gasteiger partial charge on any atom is 0.327 e. The molecule has 4 rings (SSSR count). The summed E-state index contributed by atoms with van der Waals surface area (Å²) < 4.78 is 17.8. The van der Waals surface area contributed by atoms with Crippen LogP contribution in [0.3, 0.4) is 0 Å². The predicted molar refractivity (Wildman–Crippen MR) is 105 cm³/mol. The first-order valence-electron chi connectivity index (χ1n) is 8.80. The van der Waals surface area contributed by atoms with Crippen molar-refractivity contribution in [1.82, 2.24) is 9.88 Å². The molecule has 0 spiro atoms. The van der Waals surface area contributed by atoms with Crippen molar-refractivity contribution in [3.8, 4) is 5.75 Å². The number of urea groups is 1. The number of rotatable bonds is 3. The van der Waals surface area contributed by atoms with E-state index in [0.717, 1.165) is 15.8 Å². The highest BCUT2D eigenvalue weighted by Gasteiger charge is 2.22. The van der Waals surface area contributed by atoms with Crippen LogP contribution < -0.4 is 10.1 Å². The number of ether oxygens (including phenoxy) is 3. The van der Waals surface area contributed by atoms with Crippen LogP contribution in [0, 0.1) is 0 Å². The fraction of sp³-hybridized carbons (Fsp3) is 0.368. The van der Waals surface area contributed by atoms with E-state index in [0.29, 0.717) is 43.9 Å². The van der Waals surface area contributed by atoms with Crippen LogP contribution in [0.4, 0.5) is 9.93 Å². The second kappa shape index (κ2) is 8.08. The summed E-state index contributed by atoms with van der Waals surface area (Å²) in [6.45, 7) is 2.96. The summed E-state index contributed by atoms with van der Waals surface area (Å²) in [6, 6.07) is 3.73. The summed E-state index contributed by atoms with van der Waals surface area (Å²) in [7, 11) is 1.62. The van der Waals surface area contributed by atoms with Crippen molar-refractivity contribution >= 4 is 32.7 Å². The summed E-state index contributed by atoms with van der Waals surface area (Å²) in [5.41, 5.74) is 1.85. The van der Waals surface area contributed by atoms with Crippen LogP contribution in [0.25, 0.3) is 10.2 Å². The molecule has 0 aliphatic carbocycles. The molecule has 2 aliphatic heterocycles. The highest BCUT2D eigenvalue weighted by molar-refractivity contribution is 7.22. The number of aromatic nitrogens is 1. The second-order valence-electron chi connectivity index (χ2n) is 6.25. The zero-order valence-corrected chi connectivity index (χ0v) is 15.8. The molecule has 0 bridgehead atoms. The molecule has 0 radical (unpaired) electrons. The largest absolute Gasteiger partial charge is 0.494 e. The van der Waals surface area contributed by atoms with E-state index in [2.05, 4.69) is 10.3 Å². The van der Waals surface area contributed by atoms with Crippen LogP contribution in [0.15, 0.2) is 36.6 Å². The Morgan fingerprint density at radius 3 is 2.81 bits per heavy atom. The molecule has 1 fully saturated rings. The molecule has 142 valence electrons. The fourth-order valence-electron chi connectivity index (χ4n) is 3.12. The number of methoxy groups -OCH3 is 1. The van der Waals surface area contributed by atoms with Gasteiger partial charge in [-0.25, -0.2) is 9.78 Å². The van der Waals surface area contributed by atoms with Gasteiger partial charge < -0.3 is 14.2 Å². The number of fused-ring (bicyclic) bond motifs is 1. The lowest BCUT2D eigenvalue weighted by Gasteiger charge is -2.17. The Bertz CT molecular complexity index is 884. The zero-order valence-electron chi connectivity index (χ0n) is 15.0. The maximum absolute atomic E-state index is 12.5. The van der Waals surface area contributed by atoms with Gasteiger partial charge in [0.15, 0.2) is 5.13 Å². The number of anilines is 1. The van der Waals surface area contributed by atoms with E-state index in [1.165, 1.54) is 11.3 Å². The van der Waals surface area contributed by atoms with Crippen LogP contribution in [0.5, 0.6) is 5.75 Å². The number of amides is 2. The third-order valence-corrected chi connectivity index (χ3v) is 5.52. The molecule has 3 heterocycles. The number of benzene rings is 1. The Labute approximate surface area is 161 Å². The third-order valence-electron chi connectivity index (χ3n) is 4.50. The van der Waals surface area contributed by atoms with Crippen molar-refractivity contribution in [2.45, 2.75) is 5.92 Å². The maximum atomic E-state index is 12.5. The summed E-state index contributed by atoms with van der Waals surface area (Å²) in [5.74, 6) is 0.807. The number of nitrogens with zero attached hydrogens (tertiary/aromatic N) is 2. The van der Waals surface area contributed by atoms with Crippen molar-refractivity contribution in [2.75, 3.05) is 45.4 Å². The van der Waals surface area contributed by atoms with Crippen LogP contribution >= 0.6 is 11.3 Å². The van der Waals surface area contributed by atoms with E-state index >= 15 is 0 Å². The van der Waals surface area contributed by atoms with E-state index < -0.39 is 0 Å². The van der Waals surface area contributed by atoms with Crippen molar-refractivity contribution in [3.63, 3.8) is 0 Å². The first-order valence-corrected chi connectivity index (χ1v) is 9.62. The van der Waals surface area contributed by atoms with Crippen LogP contribution in [-0.2, 0) is 9.47 Å². The molecule has 1 aromatic carbocycles. The Morgan fingerprint density at radius 2 is 2.11 bits per heavy atom. The normalized spacial score (nSPS) is 17.9. The van der Waals surface area contributed by atoms with Gasteiger partial charge in [-0.3, -0.25) is 10.2 Å². The molecule has 2 amide bonds. The molecule has 2 aliphatic rings. The molecule has 8 heteroatoms.